The van der Waals surface area contributed by atoms with Crippen molar-refractivity contribution < 1.29 is 33.7 Å². The summed E-state index contributed by atoms with van der Waals surface area (Å²) in [4.78, 5) is 41.3. The molecule has 4 rings (SSSR count). The van der Waals surface area contributed by atoms with Crippen LogP contribution in [0.2, 0.25) is 10.0 Å². The maximum atomic E-state index is 12.8. The third-order valence-electron chi connectivity index (χ3n) is 5.63. The van der Waals surface area contributed by atoms with Crippen LogP contribution >= 0.6 is 23.2 Å². The predicted octanol–water partition coefficient (Wildman–Crippen LogP) is 3.46. The van der Waals surface area contributed by atoms with Crippen LogP contribution in [0.5, 0.6) is 5.75 Å². The maximum Gasteiger partial charge on any atom is 0.326 e. The molecule has 3 aromatic rings. The van der Waals surface area contributed by atoms with Gasteiger partial charge in [0.1, 0.15) is 31.0 Å². The van der Waals surface area contributed by atoms with Crippen LogP contribution in [0.25, 0.3) is 0 Å². The van der Waals surface area contributed by atoms with Gasteiger partial charge in [-0.05, 0) is 42.0 Å². The zero-order valence-corrected chi connectivity index (χ0v) is 21.3. The van der Waals surface area contributed by atoms with E-state index < -0.39 is 36.0 Å². The Kier molecular flexibility index (Phi) is 9.14. The molecule has 198 valence electrons. The summed E-state index contributed by atoms with van der Waals surface area (Å²) in [5.74, 6) is -1.87. The SMILES string of the molecule is O=C(O)C(Cc1ccc(OCc2c(Cl)cccc2Cl)cc1)NC(=O)[C@@H]1OCO[C@H]1C(=O)Nc1ccccn1. The zero-order valence-electron chi connectivity index (χ0n) is 19.8. The molecule has 2 aromatic carbocycles. The lowest BCUT2D eigenvalue weighted by molar-refractivity contribution is -0.144. The second-order valence-corrected chi connectivity index (χ2v) is 9.05. The van der Waals surface area contributed by atoms with E-state index in [2.05, 4.69) is 15.6 Å². The molecular weight excluding hydrogens is 537 g/mol. The number of ether oxygens (including phenoxy) is 3. The molecule has 1 saturated heterocycles. The number of aliphatic carboxylic acids is 1. The number of rotatable bonds is 10. The van der Waals surface area contributed by atoms with Crippen LogP contribution in [0.3, 0.4) is 0 Å². The van der Waals surface area contributed by atoms with Gasteiger partial charge in [-0.25, -0.2) is 9.78 Å². The number of hydrogen-bond donors (Lipinski definition) is 3. The first-order valence-corrected chi connectivity index (χ1v) is 12.2. The highest BCUT2D eigenvalue weighted by Crippen LogP contribution is 2.26. The number of carbonyl (C=O) groups is 3. The van der Waals surface area contributed by atoms with Gasteiger partial charge in [0.2, 0.25) is 0 Å². The van der Waals surface area contributed by atoms with Gasteiger partial charge in [0, 0.05) is 28.2 Å². The van der Waals surface area contributed by atoms with Crippen LogP contribution in [0.4, 0.5) is 5.82 Å². The summed E-state index contributed by atoms with van der Waals surface area (Å²) in [6.45, 7) is -0.138. The fraction of sp³-hybridized carbons (Fsp3) is 0.231. The van der Waals surface area contributed by atoms with E-state index in [1.807, 2.05) is 0 Å². The number of hydrogen-bond acceptors (Lipinski definition) is 7. The van der Waals surface area contributed by atoms with E-state index in [1.165, 1.54) is 6.20 Å². The first-order valence-electron chi connectivity index (χ1n) is 11.4. The molecule has 3 atom stereocenters. The van der Waals surface area contributed by atoms with Crippen LogP contribution in [-0.4, -0.2) is 52.9 Å². The lowest BCUT2D eigenvalue weighted by Crippen LogP contribution is -2.51. The number of anilines is 1. The summed E-state index contributed by atoms with van der Waals surface area (Å²) in [7, 11) is 0. The van der Waals surface area contributed by atoms with Crippen molar-refractivity contribution in [2.24, 2.45) is 0 Å². The highest BCUT2D eigenvalue weighted by atomic mass is 35.5. The monoisotopic (exact) mass is 559 g/mol. The van der Waals surface area contributed by atoms with Crippen molar-refractivity contribution in [2.45, 2.75) is 31.3 Å². The number of carboxylic acids is 1. The van der Waals surface area contributed by atoms with Crippen molar-refractivity contribution in [1.82, 2.24) is 10.3 Å². The largest absolute Gasteiger partial charge is 0.489 e. The average molecular weight is 560 g/mol. The summed E-state index contributed by atoms with van der Waals surface area (Å²) in [6, 6.07) is 15.6. The van der Waals surface area contributed by atoms with E-state index in [9.17, 15) is 19.5 Å². The molecule has 0 aliphatic carbocycles. The number of nitrogens with zero attached hydrogens (tertiary/aromatic N) is 1. The molecule has 1 fully saturated rings. The summed E-state index contributed by atoms with van der Waals surface area (Å²) in [5.41, 5.74) is 1.28. The third kappa shape index (κ3) is 6.99. The lowest BCUT2D eigenvalue weighted by Gasteiger charge is -2.20. The van der Waals surface area contributed by atoms with Gasteiger partial charge in [-0.15, -0.1) is 0 Å². The minimum atomic E-state index is -1.33. The average Bonchev–Trinajstić information content (AvgIpc) is 3.40. The number of halogens is 2. The first-order chi connectivity index (χ1) is 18.3. The van der Waals surface area contributed by atoms with E-state index >= 15 is 0 Å². The fourth-order valence-corrected chi connectivity index (χ4v) is 4.16. The van der Waals surface area contributed by atoms with E-state index in [0.29, 0.717) is 26.9 Å². The highest BCUT2D eigenvalue weighted by Gasteiger charge is 2.41. The minimum Gasteiger partial charge on any atom is -0.489 e. The van der Waals surface area contributed by atoms with Crippen LogP contribution in [0.15, 0.2) is 66.9 Å². The van der Waals surface area contributed by atoms with Gasteiger partial charge in [0.15, 0.2) is 12.2 Å². The molecule has 2 amide bonds. The molecule has 0 spiro atoms. The highest BCUT2D eigenvalue weighted by molar-refractivity contribution is 6.35. The molecule has 1 aliphatic heterocycles. The van der Waals surface area contributed by atoms with Crippen molar-refractivity contribution in [2.75, 3.05) is 12.1 Å². The first kappa shape index (κ1) is 27.3. The molecule has 2 heterocycles. The third-order valence-corrected chi connectivity index (χ3v) is 6.33. The Balaban J connectivity index is 1.34. The number of carboxylic acid groups (broad SMARTS) is 1. The van der Waals surface area contributed by atoms with Gasteiger partial charge in [0.25, 0.3) is 11.8 Å². The van der Waals surface area contributed by atoms with Crippen LogP contribution in [0, 0.1) is 0 Å². The fourth-order valence-electron chi connectivity index (χ4n) is 3.66. The van der Waals surface area contributed by atoms with Gasteiger partial charge in [-0.1, -0.05) is 47.5 Å². The van der Waals surface area contributed by atoms with Gasteiger partial charge >= 0.3 is 5.97 Å². The summed E-state index contributed by atoms with van der Waals surface area (Å²) >= 11 is 12.3. The molecule has 1 aliphatic rings. The van der Waals surface area contributed by atoms with E-state index in [4.69, 9.17) is 37.4 Å². The van der Waals surface area contributed by atoms with Gasteiger partial charge < -0.3 is 30.0 Å². The molecule has 0 radical (unpaired) electrons. The Labute approximate surface area is 227 Å². The molecule has 0 bridgehead atoms. The summed E-state index contributed by atoms with van der Waals surface area (Å²) in [5, 5.41) is 15.6. The lowest BCUT2D eigenvalue weighted by atomic mass is 10.0. The zero-order chi connectivity index (χ0) is 27.1. The summed E-state index contributed by atoms with van der Waals surface area (Å²) in [6.07, 6.45) is -1.12. The van der Waals surface area contributed by atoms with Crippen molar-refractivity contribution in [3.8, 4) is 5.75 Å². The van der Waals surface area contributed by atoms with E-state index in [-0.39, 0.29) is 25.6 Å². The topological polar surface area (TPSA) is 136 Å². The smallest absolute Gasteiger partial charge is 0.326 e. The molecule has 3 N–H and O–H groups in total. The second kappa shape index (κ2) is 12.7. The standard InChI is InChI=1S/C26H23Cl2N3O7/c27-18-4-3-5-19(28)17(18)13-36-16-9-7-15(8-10-16)12-20(26(34)35)30-24(32)22-23(38-14-37-22)25(33)31-21-6-1-2-11-29-21/h1-11,20,22-23H,12-14H2,(H,30,32)(H,34,35)(H,29,31,33)/t20?,22-,23-/m1/s1. The van der Waals surface area contributed by atoms with Gasteiger partial charge in [-0.3, -0.25) is 9.59 Å². The van der Waals surface area contributed by atoms with Crippen molar-refractivity contribution in [3.05, 3.63) is 88.0 Å². The van der Waals surface area contributed by atoms with Crippen molar-refractivity contribution >= 4 is 46.8 Å². The summed E-state index contributed by atoms with van der Waals surface area (Å²) < 4.78 is 16.3. The van der Waals surface area contributed by atoms with E-state index in [1.54, 1.807) is 60.7 Å². The quantitative estimate of drug-likeness (QED) is 0.343. The Hall–Kier alpha value is -3.70. The number of pyridine rings is 1. The Morgan fingerprint density at radius 2 is 1.66 bits per heavy atom. The molecule has 1 unspecified atom stereocenters. The minimum absolute atomic E-state index is 0.0178. The predicted molar refractivity (Wildman–Crippen MR) is 138 cm³/mol. The number of nitrogens with one attached hydrogen (secondary N) is 2. The molecule has 10 nitrogen and oxygen atoms in total. The Bertz CT molecular complexity index is 1270. The molecule has 0 saturated carbocycles. The Morgan fingerprint density at radius 3 is 2.29 bits per heavy atom. The van der Waals surface area contributed by atoms with Crippen molar-refractivity contribution in [1.29, 1.82) is 0 Å². The molecule has 38 heavy (non-hydrogen) atoms. The molecular formula is C26H23Cl2N3O7. The number of aromatic nitrogens is 1. The Morgan fingerprint density at radius 1 is 0.974 bits per heavy atom. The maximum absolute atomic E-state index is 12.8. The number of carbonyl (C=O) groups excluding carboxylic acids is 2. The van der Waals surface area contributed by atoms with E-state index in [0.717, 1.165) is 0 Å². The van der Waals surface area contributed by atoms with Gasteiger partial charge in [-0.2, -0.15) is 0 Å². The number of amides is 2. The normalized spacial score (nSPS) is 17.4. The van der Waals surface area contributed by atoms with Gasteiger partial charge in [0.05, 0.1) is 0 Å². The molecule has 12 heteroatoms. The second-order valence-electron chi connectivity index (χ2n) is 8.23. The molecule has 1 aromatic heterocycles. The van der Waals surface area contributed by atoms with Crippen LogP contribution in [-0.2, 0) is 36.9 Å². The van der Waals surface area contributed by atoms with Crippen LogP contribution in [0.1, 0.15) is 11.1 Å². The number of benzene rings is 2. The van der Waals surface area contributed by atoms with Crippen LogP contribution < -0.4 is 15.4 Å². The van der Waals surface area contributed by atoms with Crippen molar-refractivity contribution in [3.63, 3.8) is 0 Å².